The van der Waals surface area contributed by atoms with Gasteiger partial charge in [-0.1, -0.05) is 20.8 Å². The molecule has 8 heteroatoms. The van der Waals surface area contributed by atoms with Gasteiger partial charge in [-0.05, 0) is 24.3 Å². The Morgan fingerprint density at radius 1 is 0.920 bits per heavy atom. The molecule has 136 valence electrons. The van der Waals surface area contributed by atoms with E-state index in [1.807, 2.05) is 20.8 Å². The molecular formula is C17H23FN4O3. The number of amides is 4. The fraction of sp³-hybridized carbons (Fsp3) is 0.471. The van der Waals surface area contributed by atoms with Crippen molar-refractivity contribution in [2.75, 3.05) is 26.2 Å². The van der Waals surface area contributed by atoms with Gasteiger partial charge in [-0.3, -0.25) is 15.0 Å². The Morgan fingerprint density at radius 3 is 1.96 bits per heavy atom. The minimum Gasteiger partial charge on any atom is -0.339 e. The second kappa shape index (κ2) is 7.50. The average Bonchev–Trinajstić information content (AvgIpc) is 2.58. The molecule has 1 aliphatic rings. The highest BCUT2D eigenvalue weighted by Crippen LogP contribution is 2.18. The zero-order chi connectivity index (χ0) is 18.6. The summed E-state index contributed by atoms with van der Waals surface area (Å²) in [7, 11) is 0. The maximum Gasteiger partial charge on any atom is 0.336 e. The Morgan fingerprint density at radius 2 is 1.44 bits per heavy atom. The fourth-order valence-electron chi connectivity index (χ4n) is 2.45. The largest absolute Gasteiger partial charge is 0.339 e. The molecule has 1 fully saturated rings. The van der Waals surface area contributed by atoms with Gasteiger partial charge in [0.1, 0.15) is 5.82 Å². The maximum absolute atomic E-state index is 12.8. The van der Waals surface area contributed by atoms with Crippen molar-refractivity contribution in [2.24, 2.45) is 5.41 Å². The molecule has 0 bridgehead atoms. The molecule has 1 saturated heterocycles. The molecule has 0 aliphatic carbocycles. The molecule has 25 heavy (non-hydrogen) atoms. The third-order valence-corrected chi connectivity index (χ3v) is 3.89. The molecule has 1 aromatic rings. The first-order chi connectivity index (χ1) is 11.7. The number of urea groups is 1. The molecule has 0 saturated carbocycles. The summed E-state index contributed by atoms with van der Waals surface area (Å²) in [5.41, 5.74) is 4.41. The summed E-state index contributed by atoms with van der Waals surface area (Å²) in [4.78, 5) is 39.5. The molecule has 1 aliphatic heterocycles. The van der Waals surface area contributed by atoms with Crippen LogP contribution in [0.4, 0.5) is 9.18 Å². The molecule has 0 atom stereocenters. The van der Waals surface area contributed by atoms with E-state index in [0.717, 1.165) is 0 Å². The van der Waals surface area contributed by atoms with Crippen LogP contribution in [0.1, 0.15) is 31.1 Å². The molecule has 2 N–H and O–H groups in total. The molecule has 4 amide bonds. The van der Waals surface area contributed by atoms with Gasteiger partial charge in [0, 0.05) is 37.2 Å². The second-order valence-electron chi connectivity index (χ2n) is 6.92. The minimum atomic E-state index is -0.533. The van der Waals surface area contributed by atoms with E-state index in [4.69, 9.17) is 0 Å². The first-order valence-electron chi connectivity index (χ1n) is 8.08. The number of carbonyl (C=O) groups excluding carboxylic acids is 3. The van der Waals surface area contributed by atoms with Crippen LogP contribution in [0.2, 0.25) is 0 Å². The second-order valence-corrected chi connectivity index (χ2v) is 6.92. The first-order valence-corrected chi connectivity index (χ1v) is 8.08. The van der Waals surface area contributed by atoms with Crippen molar-refractivity contribution < 1.29 is 18.8 Å². The van der Waals surface area contributed by atoms with Crippen molar-refractivity contribution >= 4 is 17.8 Å². The third kappa shape index (κ3) is 4.91. The average molecular weight is 350 g/mol. The van der Waals surface area contributed by atoms with Crippen molar-refractivity contribution in [1.82, 2.24) is 20.7 Å². The number of nitrogens with one attached hydrogen (secondary N) is 2. The van der Waals surface area contributed by atoms with Crippen LogP contribution in [-0.2, 0) is 4.79 Å². The number of benzene rings is 1. The van der Waals surface area contributed by atoms with Gasteiger partial charge >= 0.3 is 6.03 Å². The Kier molecular flexibility index (Phi) is 5.61. The highest BCUT2D eigenvalue weighted by atomic mass is 19.1. The molecule has 0 spiro atoms. The van der Waals surface area contributed by atoms with E-state index in [1.165, 1.54) is 29.2 Å². The highest BCUT2D eigenvalue weighted by molar-refractivity contribution is 5.95. The number of carbonyl (C=O) groups is 3. The Labute approximate surface area is 146 Å². The number of nitrogens with zero attached hydrogens (tertiary/aromatic N) is 2. The number of hydrogen-bond donors (Lipinski definition) is 2. The van der Waals surface area contributed by atoms with Crippen molar-refractivity contribution in [3.05, 3.63) is 35.6 Å². The summed E-state index contributed by atoms with van der Waals surface area (Å²) in [6.07, 6.45) is 0. The smallest absolute Gasteiger partial charge is 0.336 e. The molecular weight excluding hydrogens is 327 g/mol. The van der Waals surface area contributed by atoms with Gasteiger partial charge in [-0.2, -0.15) is 0 Å². The Hall–Kier alpha value is -2.64. The highest BCUT2D eigenvalue weighted by Gasteiger charge is 2.30. The summed E-state index contributed by atoms with van der Waals surface area (Å²) in [5, 5.41) is 0. The molecule has 0 aromatic heterocycles. The van der Waals surface area contributed by atoms with Gasteiger partial charge in [0.05, 0.1) is 0 Å². The predicted octanol–water partition coefficient (Wildman–Crippen LogP) is 1.37. The van der Waals surface area contributed by atoms with Gasteiger partial charge < -0.3 is 9.80 Å². The van der Waals surface area contributed by atoms with Crippen molar-refractivity contribution in [2.45, 2.75) is 20.8 Å². The molecule has 1 aromatic carbocycles. The minimum absolute atomic E-state index is 0.0529. The normalized spacial score (nSPS) is 14.9. The number of hydrogen-bond acceptors (Lipinski definition) is 3. The topological polar surface area (TPSA) is 81.8 Å². The van der Waals surface area contributed by atoms with Crippen LogP contribution in [0.5, 0.6) is 0 Å². The number of rotatable bonds is 1. The van der Waals surface area contributed by atoms with E-state index in [2.05, 4.69) is 10.9 Å². The van der Waals surface area contributed by atoms with E-state index in [1.54, 1.807) is 4.90 Å². The lowest BCUT2D eigenvalue weighted by Gasteiger charge is -2.37. The fourth-order valence-corrected chi connectivity index (χ4v) is 2.45. The molecule has 1 heterocycles. The van der Waals surface area contributed by atoms with Gasteiger partial charge in [0.25, 0.3) is 5.91 Å². The Balaban J connectivity index is 1.80. The SMILES string of the molecule is CC(C)(C)C(=O)N1CCN(C(=O)NNC(=O)c2ccc(F)cc2)CC1. The van der Waals surface area contributed by atoms with E-state index < -0.39 is 23.2 Å². The van der Waals surface area contributed by atoms with Crippen LogP contribution < -0.4 is 10.9 Å². The Bertz CT molecular complexity index is 647. The van der Waals surface area contributed by atoms with E-state index in [-0.39, 0.29) is 11.5 Å². The van der Waals surface area contributed by atoms with Crippen LogP contribution >= 0.6 is 0 Å². The van der Waals surface area contributed by atoms with Gasteiger partial charge in [-0.15, -0.1) is 0 Å². The maximum atomic E-state index is 12.8. The molecule has 2 rings (SSSR count). The summed E-state index contributed by atoms with van der Waals surface area (Å²) in [5.74, 6) is -0.921. The molecule has 0 radical (unpaired) electrons. The summed E-state index contributed by atoms with van der Waals surface area (Å²) in [6.45, 7) is 7.27. The molecule has 0 unspecified atom stereocenters. The lowest BCUT2D eigenvalue weighted by molar-refractivity contribution is -0.140. The van der Waals surface area contributed by atoms with Crippen LogP contribution in [-0.4, -0.2) is 53.8 Å². The van der Waals surface area contributed by atoms with E-state index >= 15 is 0 Å². The monoisotopic (exact) mass is 350 g/mol. The lowest BCUT2D eigenvalue weighted by atomic mass is 9.94. The zero-order valence-corrected chi connectivity index (χ0v) is 14.6. The van der Waals surface area contributed by atoms with Gasteiger partial charge in [-0.25, -0.2) is 14.6 Å². The summed E-state index contributed by atoms with van der Waals surface area (Å²) >= 11 is 0. The number of hydrazine groups is 1. The van der Waals surface area contributed by atoms with Crippen molar-refractivity contribution in [1.29, 1.82) is 0 Å². The number of halogens is 1. The third-order valence-electron chi connectivity index (χ3n) is 3.89. The van der Waals surface area contributed by atoms with Crippen molar-refractivity contribution in [3.63, 3.8) is 0 Å². The first kappa shape index (κ1) is 18.7. The van der Waals surface area contributed by atoms with Gasteiger partial charge in [0.2, 0.25) is 5.91 Å². The molecule has 7 nitrogen and oxygen atoms in total. The van der Waals surface area contributed by atoms with E-state index in [0.29, 0.717) is 26.2 Å². The van der Waals surface area contributed by atoms with Crippen LogP contribution in [0, 0.1) is 11.2 Å². The van der Waals surface area contributed by atoms with Crippen LogP contribution in [0.25, 0.3) is 0 Å². The quantitative estimate of drug-likeness (QED) is 0.751. The predicted molar refractivity (Wildman–Crippen MR) is 90.0 cm³/mol. The zero-order valence-electron chi connectivity index (χ0n) is 14.6. The van der Waals surface area contributed by atoms with Crippen LogP contribution in [0.3, 0.4) is 0 Å². The van der Waals surface area contributed by atoms with E-state index in [9.17, 15) is 18.8 Å². The van der Waals surface area contributed by atoms with Gasteiger partial charge in [0.15, 0.2) is 0 Å². The van der Waals surface area contributed by atoms with Crippen molar-refractivity contribution in [3.8, 4) is 0 Å². The summed E-state index contributed by atoms with van der Waals surface area (Å²) < 4.78 is 12.8. The number of piperazine rings is 1. The lowest BCUT2D eigenvalue weighted by Crippen LogP contribution is -2.57. The summed E-state index contributed by atoms with van der Waals surface area (Å²) in [6, 6.07) is 4.55. The van der Waals surface area contributed by atoms with Crippen LogP contribution in [0.15, 0.2) is 24.3 Å². The standard InChI is InChI=1S/C17H23FN4O3/c1-17(2,3)15(24)21-8-10-22(11-9-21)16(25)20-19-14(23)12-4-6-13(18)7-5-12/h4-7H,8-11H2,1-3H3,(H,19,23)(H,20,25).